The van der Waals surface area contributed by atoms with Gasteiger partial charge in [-0.2, -0.15) is 0 Å². The van der Waals surface area contributed by atoms with Gasteiger partial charge in [-0.05, 0) is 24.8 Å². The third kappa shape index (κ3) is 4.29. The highest BCUT2D eigenvalue weighted by Crippen LogP contribution is 2.10. The maximum Gasteiger partial charge on any atom is 0.251 e. The zero-order valence-electron chi connectivity index (χ0n) is 12.4. The summed E-state index contributed by atoms with van der Waals surface area (Å²) in [5.74, 6) is -0.411. The van der Waals surface area contributed by atoms with Crippen molar-refractivity contribution in [2.45, 2.75) is 25.4 Å². The minimum Gasteiger partial charge on any atom is -0.383 e. The van der Waals surface area contributed by atoms with Crippen molar-refractivity contribution in [2.75, 3.05) is 26.7 Å². The fourth-order valence-corrected chi connectivity index (χ4v) is 2.46. The van der Waals surface area contributed by atoms with E-state index in [4.69, 9.17) is 0 Å². The number of benzene rings is 1. The zero-order valence-corrected chi connectivity index (χ0v) is 12.4. The molecule has 1 unspecified atom stereocenters. The Morgan fingerprint density at radius 2 is 2.00 bits per heavy atom. The van der Waals surface area contributed by atoms with E-state index in [0.29, 0.717) is 25.9 Å². The molecular formula is C16H22N2O3. The molecule has 1 N–H and O–H groups in total. The molecular weight excluding hydrogens is 268 g/mol. The van der Waals surface area contributed by atoms with Crippen molar-refractivity contribution >= 4 is 11.8 Å². The van der Waals surface area contributed by atoms with Crippen molar-refractivity contribution in [3.8, 4) is 0 Å². The Labute approximate surface area is 125 Å². The first kappa shape index (κ1) is 15.5. The van der Waals surface area contributed by atoms with Crippen LogP contribution in [0.5, 0.6) is 0 Å². The minimum absolute atomic E-state index is 0.0672. The molecule has 2 rings (SSSR count). The molecule has 1 aliphatic rings. The van der Waals surface area contributed by atoms with Crippen LogP contribution in [0.2, 0.25) is 0 Å². The van der Waals surface area contributed by atoms with E-state index in [1.165, 1.54) is 4.90 Å². The quantitative estimate of drug-likeness (QED) is 0.886. The Bertz CT molecular complexity index is 490. The largest absolute Gasteiger partial charge is 0.383 e. The fraction of sp³-hybridized carbons (Fsp3) is 0.500. The van der Waals surface area contributed by atoms with Crippen LogP contribution < -0.4 is 0 Å². The SMILES string of the molecule is CN1CCCN(C(=O)C(O)CCc2ccccc2)CC1=O. The normalized spacial score (nSPS) is 17.5. The lowest BCUT2D eigenvalue weighted by Crippen LogP contribution is -2.43. The Balaban J connectivity index is 1.88. The summed E-state index contributed by atoms with van der Waals surface area (Å²) < 4.78 is 0. The zero-order chi connectivity index (χ0) is 15.2. The van der Waals surface area contributed by atoms with Gasteiger partial charge in [-0.1, -0.05) is 30.3 Å². The second-order valence-electron chi connectivity index (χ2n) is 5.47. The maximum atomic E-state index is 12.2. The Kier molecular flexibility index (Phi) is 5.33. The van der Waals surface area contributed by atoms with Crippen LogP contribution in [-0.2, 0) is 16.0 Å². The third-order valence-corrected chi connectivity index (χ3v) is 3.82. The number of aliphatic hydroxyl groups excluding tert-OH is 1. The number of amides is 2. The number of aryl methyl sites for hydroxylation is 1. The minimum atomic E-state index is -1.04. The van der Waals surface area contributed by atoms with Crippen LogP contribution in [-0.4, -0.2) is 59.5 Å². The van der Waals surface area contributed by atoms with E-state index in [9.17, 15) is 14.7 Å². The summed E-state index contributed by atoms with van der Waals surface area (Å²) in [4.78, 5) is 27.1. The molecule has 0 aliphatic carbocycles. The highest BCUT2D eigenvalue weighted by atomic mass is 16.3. The van der Waals surface area contributed by atoms with Crippen molar-refractivity contribution in [1.29, 1.82) is 0 Å². The molecule has 0 saturated carbocycles. The molecule has 1 atom stereocenters. The number of likely N-dealkylation sites (N-methyl/N-ethyl adjacent to an activating group) is 1. The molecule has 1 heterocycles. The summed E-state index contributed by atoms with van der Waals surface area (Å²) >= 11 is 0. The molecule has 0 radical (unpaired) electrons. The van der Waals surface area contributed by atoms with Gasteiger partial charge >= 0.3 is 0 Å². The summed E-state index contributed by atoms with van der Waals surface area (Å²) in [6.45, 7) is 1.25. The highest BCUT2D eigenvalue weighted by molar-refractivity contribution is 5.87. The summed E-state index contributed by atoms with van der Waals surface area (Å²) in [7, 11) is 1.74. The molecule has 1 aliphatic heterocycles. The summed E-state index contributed by atoms with van der Waals surface area (Å²) in [6, 6.07) is 9.76. The number of carbonyl (C=O) groups excluding carboxylic acids is 2. The number of carbonyl (C=O) groups is 2. The maximum absolute atomic E-state index is 12.2. The van der Waals surface area contributed by atoms with Gasteiger partial charge < -0.3 is 14.9 Å². The van der Waals surface area contributed by atoms with Gasteiger partial charge in [-0.3, -0.25) is 9.59 Å². The van der Waals surface area contributed by atoms with E-state index in [1.807, 2.05) is 30.3 Å². The molecule has 1 fully saturated rings. The van der Waals surface area contributed by atoms with Crippen LogP contribution in [0.1, 0.15) is 18.4 Å². The lowest BCUT2D eigenvalue weighted by molar-refractivity contribution is -0.144. The van der Waals surface area contributed by atoms with Gasteiger partial charge in [0.15, 0.2) is 0 Å². The van der Waals surface area contributed by atoms with E-state index >= 15 is 0 Å². The summed E-state index contributed by atoms with van der Waals surface area (Å²) in [5.41, 5.74) is 1.09. The molecule has 1 aromatic carbocycles. The van der Waals surface area contributed by atoms with Crippen molar-refractivity contribution in [3.05, 3.63) is 35.9 Å². The Morgan fingerprint density at radius 3 is 2.71 bits per heavy atom. The van der Waals surface area contributed by atoms with Crippen LogP contribution >= 0.6 is 0 Å². The van der Waals surface area contributed by atoms with Gasteiger partial charge in [-0.25, -0.2) is 0 Å². The van der Waals surface area contributed by atoms with Crippen molar-refractivity contribution < 1.29 is 14.7 Å². The first-order valence-corrected chi connectivity index (χ1v) is 7.32. The lowest BCUT2D eigenvalue weighted by Gasteiger charge is -2.22. The average molecular weight is 290 g/mol. The number of aliphatic hydroxyl groups is 1. The summed E-state index contributed by atoms with van der Waals surface area (Å²) in [6.07, 6.45) is 0.736. The van der Waals surface area contributed by atoms with E-state index in [0.717, 1.165) is 12.0 Å². The van der Waals surface area contributed by atoms with Crippen molar-refractivity contribution in [2.24, 2.45) is 0 Å². The second-order valence-corrected chi connectivity index (χ2v) is 5.47. The van der Waals surface area contributed by atoms with Crippen LogP contribution in [0.4, 0.5) is 0 Å². The summed E-state index contributed by atoms with van der Waals surface area (Å²) in [5, 5.41) is 10.1. The highest BCUT2D eigenvalue weighted by Gasteiger charge is 2.27. The second kappa shape index (κ2) is 7.22. The number of hydrogen-bond acceptors (Lipinski definition) is 3. The molecule has 0 spiro atoms. The van der Waals surface area contributed by atoms with E-state index in [2.05, 4.69) is 0 Å². The lowest BCUT2D eigenvalue weighted by atomic mass is 10.1. The van der Waals surface area contributed by atoms with E-state index in [-0.39, 0.29) is 18.4 Å². The molecule has 5 heteroatoms. The molecule has 1 aromatic rings. The van der Waals surface area contributed by atoms with Crippen LogP contribution in [0.15, 0.2) is 30.3 Å². The monoisotopic (exact) mass is 290 g/mol. The molecule has 1 saturated heterocycles. The molecule has 21 heavy (non-hydrogen) atoms. The Morgan fingerprint density at radius 1 is 1.29 bits per heavy atom. The van der Waals surface area contributed by atoms with E-state index in [1.54, 1.807) is 11.9 Å². The van der Waals surface area contributed by atoms with E-state index < -0.39 is 6.10 Å². The van der Waals surface area contributed by atoms with Crippen LogP contribution in [0, 0.1) is 0 Å². The molecule has 2 amide bonds. The molecule has 5 nitrogen and oxygen atoms in total. The Hall–Kier alpha value is -1.88. The topological polar surface area (TPSA) is 60.9 Å². The van der Waals surface area contributed by atoms with Crippen molar-refractivity contribution in [1.82, 2.24) is 9.80 Å². The van der Waals surface area contributed by atoms with Gasteiger partial charge in [0, 0.05) is 20.1 Å². The van der Waals surface area contributed by atoms with Gasteiger partial charge in [0.2, 0.25) is 5.91 Å². The third-order valence-electron chi connectivity index (χ3n) is 3.82. The van der Waals surface area contributed by atoms with Gasteiger partial charge in [0.25, 0.3) is 5.91 Å². The van der Waals surface area contributed by atoms with Crippen molar-refractivity contribution in [3.63, 3.8) is 0 Å². The average Bonchev–Trinajstić information content (AvgIpc) is 2.67. The van der Waals surface area contributed by atoms with Gasteiger partial charge in [0.1, 0.15) is 6.10 Å². The predicted molar refractivity (Wildman–Crippen MR) is 79.6 cm³/mol. The van der Waals surface area contributed by atoms with Gasteiger partial charge in [0.05, 0.1) is 6.54 Å². The molecule has 114 valence electrons. The fourth-order valence-electron chi connectivity index (χ4n) is 2.46. The number of nitrogens with zero attached hydrogens (tertiary/aromatic N) is 2. The smallest absolute Gasteiger partial charge is 0.251 e. The predicted octanol–water partition coefficient (Wildman–Crippen LogP) is 0.671. The van der Waals surface area contributed by atoms with Gasteiger partial charge in [-0.15, -0.1) is 0 Å². The first-order chi connectivity index (χ1) is 10.1. The number of rotatable bonds is 4. The molecule has 0 aromatic heterocycles. The standard InChI is InChI=1S/C16H22N2O3/c1-17-10-5-11-18(12-15(17)20)16(21)14(19)9-8-13-6-3-2-4-7-13/h2-4,6-7,14,19H,5,8-12H2,1H3. The number of hydrogen-bond donors (Lipinski definition) is 1. The van der Waals surface area contributed by atoms with Crippen LogP contribution in [0.25, 0.3) is 0 Å². The van der Waals surface area contributed by atoms with Crippen LogP contribution in [0.3, 0.4) is 0 Å². The molecule has 0 bridgehead atoms. The first-order valence-electron chi connectivity index (χ1n) is 7.32.